The van der Waals surface area contributed by atoms with E-state index in [-0.39, 0.29) is 30.0 Å². The molecule has 5 nitrogen and oxygen atoms in total. The Hall–Kier alpha value is -3.15. The third-order valence-corrected chi connectivity index (χ3v) is 6.77. The monoisotopic (exact) mass is 557 g/mol. The van der Waals surface area contributed by atoms with Crippen LogP contribution >= 0.6 is 12.4 Å². The van der Waals surface area contributed by atoms with Crippen LogP contribution in [0.2, 0.25) is 6.82 Å². The number of fused-ring (bicyclic) bond motifs is 3. The molecule has 0 unspecified atom stereocenters. The molecule has 1 amide bonds. The Labute approximate surface area is 221 Å². The van der Waals surface area contributed by atoms with Gasteiger partial charge in [0.05, 0.1) is 30.0 Å². The van der Waals surface area contributed by atoms with Crippen LogP contribution in [0, 0.1) is 0 Å². The van der Waals surface area contributed by atoms with Gasteiger partial charge in [-0.1, -0.05) is 12.9 Å². The van der Waals surface area contributed by atoms with Crippen LogP contribution < -0.4 is 15.6 Å². The molecule has 2 fully saturated rings. The second-order valence-electron chi connectivity index (χ2n) is 8.81. The largest absolute Gasteiger partial charge is 0.418 e. The fourth-order valence-corrected chi connectivity index (χ4v) is 5.23. The maximum Gasteiger partial charge on any atom is 0.418 e. The van der Waals surface area contributed by atoms with Gasteiger partial charge in [-0.05, 0) is 56.0 Å². The van der Waals surface area contributed by atoms with Gasteiger partial charge in [0.1, 0.15) is 5.56 Å². The van der Waals surface area contributed by atoms with Crippen LogP contribution in [-0.2, 0) is 12.4 Å². The van der Waals surface area contributed by atoms with Crippen LogP contribution in [0.3, 0.4) is 0 Å². The lowest BCUT2D eigenvalue weighted by atomic mass is 10.0. The fourth-order valence-electron chi connectivity index (χ4n) is 5.23. The first-order valence-electron chi connectivity index (χ1n) is 11.6. The van der Waals surface area contributed by atoms with Crippen molar-refractivity contribution in [1.29, 1.82) is 0 Å². The number of hydrogen-bond donors (Lipinski definition) is 2. The van der Waals surface area contributed by atoms with Crippen LogP contribution in [0.15, 0.2) is 47.4 Å². The number of aromatic amines is 1. The van der Waals surface area contributed by atoms with E-state index >= 15 is 0 Å². The zero-order chi connectivity index (χ0) is 27.1. The summed E-state index contributed by atoms with van der Waals surface area (Å²) in [5.74, 6) is -1.25. The van der Waals surface area contributed by atoms with Gasteiger partial charge < -0.3 is 15.2 Å². The predicted octanol–water partition coefficient (Wildman–Crippen LogP) is 6.57. The highest BCUT2D eigenvalue weighted by Crippen LogP contribution is 2.44. The number of hydrogen-bond acceptors (Lipinski definition) is 3. The quantitative estimate of drug-likeness (QED) is 0.283. The van der Waals surface area contributed by atoms with Crippen LogP contribution in [0.1, 0.15) is 47.2 Å². The summed E-state index contributed by atoms with van der Waals surface area (Å²) in [7, 11) is 4.50. The number of rotatable bonds is 3. The molecule has 2 aromatic carbocycles. The lowest BCUT2D eigenvalue weighted by molar-refractivity contribution is -0.137. The molecule has 2 aliphatic rings. The number of halogens is 7. The highest BCUT2D eigenvalue weighted by atomic mass is 35.5. The molecule has 3 heterocycles. The number of benzene rings is 2. The highest BCUT2D eigenvalue weighted by Gasteiger charge is 2.41. The number of nitrogens with zero attached hydrogens (tertiary/aromatic N) is 1. The van der Waals surface area contributed by atoms with Gasteiger partial charge in [0.25, 0.3) is 5.91 Å². The zero-order valence-corrected chi connectivity index (χ0v) is 20.9. The highest BCUT2D eigenvalue weighted by molar-refractivity contribution is 6.06. The number of amides is 1. The van der Waals surface area contributed by atoms with Gasteiger partial charge in [0, 0.05) is 29.5 Å². The maximum atomic E-state index is 13.9. The van der Waals surface area contributed by atoms with Crippen molar-refractivity contribution in [2.45, 2.75) is 56.9 Å². The summed E-state index contributed by atoms with van der Waals surface area (Å²) in [4.78, 5) is 30.0. The molecule has 2 bridgehead atoms. The molecule has 1 aromatic heterocycles. The summed E-state index contributed by atoms with van der Waals surface area (Å²) in [6.45, 7) is 1.50. The zero-order valence-electron chi connectivity index (χ0n) is 20.0. The van der Waals surface area contributed by atoms with E-state index in [9.17, 15) is 35.9 Å². The van der Waals surface area contributed by atoms with Crippen molar-refractivity contribution in [2.24, 2.45) is 0 Å². The smallest absolute Gasteiger partial charge is 0.366 e. The first-order valence-corrected chi connectivity index (χ1v) is 11.6. The Kier molecular flexibility index (Phi) is 8.45. The summed E-state index contributed by atoms with van der Waals surface area (Å²) in [5.41, 5.74) is -4.64. The summed E-state index contributed by atoms with van der Waals surface area (Å²) in [6.07, 6.45) is -5.13. The van der Waals surface area contributed by atoms with E-state index in [1.165, 1.54) is 19.0 Å². The van der Waals surface area contributed by atoms with E-state index in [0.717, 1.165) is 50.1 Å². The first kappa shape index (κ1) is 29.4. The molecule has 3 aromatic rings. The van der Waals surface area contributed by atoms with Gasteiger partial charge in [0.15, 0.2) is 0 Å². The van der Waals surface area contributed by atoms with Crippen LogP contribution in [-0.4, -0.2) is 30.8 Å². The van der Waals surface area contributed by atoms with Gasteiger partial charge in [-0.25, -0.2) is 0 Å². The first-order chi connectivity index (χ1) is 17.4. The molecule has 0 saturated carbocycles. The number of nitrogens with one attached hydrogen (secondary N) is 2. The van der Waals surface area contributed by atoms with Gasteiger partial charge in [-0.15, -0.1) is 12.4 Å². The van der Waals surface area contributed by atoms with Crippen molar-refractivity contribution in [3.8, 4) is 0 Å². The van der Waals surface area contributed by atoms with Crippen molar-refractivity contribution >= 4 is 48.4 Å². The van der Waals surface area contributed by atoms with E-state index in [1.54, 1.807) is 0 Å². The number of pyridine rings is 1. The number of carbonyl (C=O) groups excluding carboxylic acids is 1. The van der Waals surface area contributed by atoms with Gasteiger partial charge in [0.2, 0.25) is 5.43 Å². The SMILES string of the molecule is Cl.O=C(Nc1ccc(N2C3CCC2CC3)cc1C(F)(F)F)c1c[nH]c2cccc(C(F)(F)F)c2c1=O.[B]C. The Bertz CT molecular complexity index is 1370. The number of alkyl halides is 6. The lowest BCUT2D eigenvalue weighted by Crippen LogP contribution is -2.29. The standard InChI is InChI=1S/C24H19F6N3O2.CH3B.ClH/c25-23(26,27)16-2-1-3-19-20(16)21(34)15(11-31-19)22(35)32-18-9-8-14(10-17(18)24(28,29)30)33-12-4-5-13(33)7-6-12;1-2;/h1-3,8-13H,4-7H2,(H,31,34)(H,32,35);1H3;1H. The maximum absolute atomic E-state index is 13.9. The van der Waals surface area contributed by atoms with Crippen molar-refractivity contribution < 1.29 is 31.1 Å². The Morgan fingerprint density at radius 3 is 2.08 bits per heavy atom. The molecule has 38 heavy (non-hydrogen) atoms. The Balaban J connectivity index is 0.00000130. The van der Waals surface area contributed by atoms with E-state index in [4.69, 9.17) is 0 Å². The molecule has 2 saturated heterocycles. The van der Waals surface area contributed by atoms with Crippen LogP contribution in [0.4, 0.5) is 37.7 Å². The van der Waals surface area contributed by atoms with E-state index < -0.39 is 51.5 Å². The minimum Gasteiger partial charge on any atom is -0.366 e. The number of anilines is 2. The van der Waals surface area contributed by atoms with Gasteiger partial charge >= 0.3 is 12.4 Å². The summed E-state index contributed by atoms with van der Waals surface area (Å²) < 4.78 is 81.9. The number of H-pyrrole nitrogens is 1. The fraction of sp³-hybridized carbons (Fsp3) is 0.360. The average Bonchev–Trinajstić information content (AvgIpc) is 3.45. The molecule has 2 aliphatic heterocycles. The molecular formula is C25H23BClF6N3O2. The van der Waals surface area contributed by atoms with Crippen LogP contribution in [0.25, 0.3) is 10.9 Å². The second kappa shape index (κ2) is 10.9. The Morgan fingerprint density at radius 1 is 0.947 bits per heavy atom. The number of carbonyl (C=O) groups is 1. The average molecular weight is 558 g/mol. The van der Waals surface area contributed by atoms with Gasteiger partial charge in [-0.3, -0.25) is 9.59 Å². The van der Waals surface area contributed by atoms with E-state index in [1.807, 2.05) is 4.90 Å². The molecule has 2 radical (unpaired) electrons. The Morgan fingerprint density at radius 2 is 1.53 bits per heavy atom. The van der Waals surface area contributed by atoms with Crippen molar-refractivity contribution in [2.75, 3.05) is 10.2 Å². The summed E-state index contributed by atoms with van der Waals surface area (Å²) in [5, 5.41) is 1.31. The minimum absolute atomic E-state index is 0. The summed E-state index contributed by atoms with van der Waals surface area (Å²) in [6, 6.07) is 6.97. The molecular weight excluding hydrogens is 535 g/mol. The van der Waals surface area contributed by atoms with Gasteiger partial charge in [-0.2, -0.15) is 26.3 Å². The summed E-state index contributed by atoms with van der Waals surface area (Å²) >= 11 is 0. The van der Waals surface area contributed by atoms with E-state index in [2.05, 4.69) is 18.1 Å². The molecule has 0 aliphatic carbocycles. The second-order valence-corrected chi connectivity index (χ2v) is 8.81. The molecule has 2 N–H and O–H groups in total. The van der Waals surface area contributed by atoms with Crippen molar-refractivity contribution in [1.82, 2.24) is 4.98 Å². The molecule has 0 spiro atoms. The van der Waals surface area contributed by atoms with Crippen molar-refractivity contribution in [3.05, 3.63) is 69.5 Å². The normalized spacial score (nSPS) is 18.6. The molecule has 202 valence electrons. The number of aromatic nitrogens is 1. The third-order valence-electron chi connectivity index (χ3n) is 6.77. The third kappa shape index (κ3) is 5.36. The lowest BCUT2D eigenvalue weighted by Gasteiger charge is -2.26. The van der Waals surface area contributed by atoms with E-state index in [0.29, 0.717) is 11.8 Å². The molecule has 5 rings (SSSR count). The predicted molar refractivity (Wildman–Crippen MR) is 136 cm³/mol. The minimum atomic E-state index is -4.87. The molecule has 0 atom stereocenters. The van der Waals surface area contributed by atoms with Crippen molar-refractivity contribution in [3.63, 3.8) is 0 Å². The van der Waals surface area contributed by atoms with Crippen LogP contribution in [0.5, 0.6) is 0 Å². The topological polar surface area (TPSA) is 65.2 Å². The molecule has 13 heteroatoms.